The van der Waals surface area contributed by atoms with E-state index in [1.165, 1.54) is 45.2 Å². The third kappa shape index (κ3) is 2.89. The van der Waals surface area contributed by atoms with Crippen molar-refractivity contribution in [3.05, 3.63) is 0 Å². The first kappa shape index (κ1) is 14.3. The van der Waals surface area contributed by atoms with Gasteiger partial charge in [-0.1, -0.05) is 19.8 Å². The lowest BCUT2D eigenvalue weighted by Crippen LogP contribution is -2.65. The van der Waals surface area contributed by atoms with Crippen LogP contribution in [0.15, 0.2) is 0 Å². The van der Waals surface area contributed by atoms with Crippen LogP contribution in [0.1, 0.15) is 52.4 Å². The average Bonchev–Trinajstić information content (AvgIpc) is 2.86. The number of nitrogens with zero attached hydrogens (tertiary/aromatic N) is 1. The molecule has 1 saturated heterocycles. The van der Waals surface area contributed by atoms with Crippen LogP contribution in [0.3, 0.4) is 0 Å². The minimum atomic E-state index is 0.457. The number of nitrogens with one attached hydrogen (secondary N) is 1. The second kappa shape index (κ2) is 6.36. The molecule has 2 rings (SSSR count). The monoisotopic (exact) mass is 254 g/mol. The number of hydrogen-bond acceptors (Lipinski definition) is 3. The minimum Gasteiger partial charge on any atom is -0.385 e. The topological polar surface area (TPSA) is 24.5 Å². The van der Waals surface area contributed by atoms with Gasteiger partial charge in [-0.15, -0.1) is 0 Å². The molecule has 0 amide bonds. The summed E-state index contributed by atoms with van der Waals surface area (Å²) in [5, 5.41) is 3.77. The molecule has 0 aromatic rings. The molecule has 1 saturated carbocycles. The molecule has 0 aromatic carbocycles. The van der Waals surface area contributed by atoms with Crippen LogP contribution in [0.2, 0.25) is 0 Å². The Morgan fingerprint density at radius 3 is 2.72 bits per heavy atom. The fourth-order valence-electron chi connectivity index (χ4n) is 3.79. The molecule has 106 valence electrons. The highest BCUT2D eigenvalue weighted by Gasteiger charge is 2.44. The van der Waals surface area contributed by atoms with E-state index in [2.05, 4.69) is 24.1 Å². The highest BCUT2D eigenvalue weighted by atomic mass is 16.5. The van der Waals surface area contributed by atoms with Gasteiger partial charge in [-0.2, -0.15) is 0 Å². The van der Waals surface area contributed by atoms with E-state index in [0.29, 0.717) is 17.6 Å². The maximum absolute atomic E-state index is 5.27. The largest absolute Gasteiger partial charge is 0.385 e. The summed E-state index contributed by atoms with van der Waals surface area (Å²) in [6.07, 6.45) is 7.98. The number of rotatable bonds is 5. The Morgan fingerprint density at radius 2 is 2.11 bits per heavy atom. The van der Waals surface area contributed by atoms with E-state index in [9.17, 15) is 0 Å². The van der Waals surface area contributed by atoms with Gasteiger partial charge in [0.25, 0.3) is 0 Å². The standard InChI is InChI=1S/C15H30N2O/c1-4-14-11-17(13(2)7-10-18-3)15(12-16-14)8-5-6-9-15/h13-14,16H,4-12H2,1-3H3. The van der Waals surface area contributed by atoms with Crippen LogP contribution >= 0.6 is 0 Å². The Morgan fingerprint density at radius 1 is 1.39 bits per heavy atom. The van der Waals surface area contributed by atoms with Crippen LogP contribution < -0.4 is 5.32 Å². The van der Waals surface area contributed by atoms with Crippen molar-refractivity contribution in [1.82, 2.24) is 10.2 Å². The zero-order valence-electron chi connectivity index (χ0n) is 12.4. The molecule has 1 N–H and O–H groups in total. The van der Waals surface area contributed by atoms with E-state index in [-0.39, 0.29) is 0 Å². The molecule has 2 aliphatic rings. The van der Waals surface area contributed by atoms with Gasteiger partial charge < -0.3 is 10.1 Å². The molecule has 2 atom stereocenters. The van der Waals surface area contributed by atoms with Crippen LogP contribution in [-0.2, 0) is 4.74 Å². The van der Waals surface area contributed by atoms with E-state index < -0.39 is 0 Å². The molecular weight excluding hydrogens is 224 g/mol. The summed E-state index contributed by atoms with van der Waals surface area (Å²) in [6.45, 7) is 7.99. The fourth-order valence-corrected chi connectivity index (χ4v) is 3.79. The summed E-state index contributed by atoms with van der Waals surface area (Å²) >= 11 is 0. The summed E-state index contributed by atoms with van der Waals surface area (Å²) in [4.78, 5) is 2.81. The summed E-state index contributed by atoms with van der Waals surface area (Å²) in [7, 11) is 1.81. The maximum Gasteiger partial charge on any atom is 0.0477 e. The molecular formula is C15H30N2O. The molecule has 3 nitrogen and oxygen atoms in total. The lowest BCUT2D eigenvalue weighted by Gasteiger charge is -2.51. The van der Waals surface area contributed by atoms with E-state index in [1.54, 1.807) is 0 Å². The van der Waals surface area contributed by atoms with Gasteiger partial charge in [0, 0.05) is 44.4 Å². The first-order valence-electron chi connectivity index (χ1n) is 7.71. The molecule has 3 heteroatoms. The van der Waals surface area contributed by atoms with Gasteiger partial charge in [-0.25, -0.2) is 0 Å². The SMILES string of the molecule is CCC1CN(C(C)CCOC)C2(CCCC2)CN1. The van der Waals surface area contributed by atoms with Crippen LogP contribution in [0.5, 0.6) is 0 Å². The Labute approximate surface area is 112 Å². The lowest BCUT2D eigenvalue weighted by molar-refractivity contribution is 0.0000771. The van der Waals surface area contributed by atoms with Crippen molar-refractivity contribution in [2.24, 2.45) is 0 Å². The number of hydrogen-bond donors (Lipinski definition) is 1. The van der Waals surface area contributed by atoms with Gasteiger partial charge in [0.15, 0.2) is 0 Å². The van der Waals surface area contributed by atoms with Crippen LogP contribution in [0, 0.1) is 0 Å². The zero-order valence-corrected chi connectivity index (χ0v) is 12.4. The molecule has 2 fully saturated rings. The molecule has 1 heterocycles. The molecule has 0 bridgehead atoms. The van der Waals surface area contributed by atoms with Gasteiger partial charge in [0.05, 0.1) is 0 Å². The second-order valence-electron chi connectivity index (χ2n) is 6.20. The van der Waals surface area contributed by atoms with Crippen molar-refractivity contribution < 1.29 is 4.74 Å². The van der Waals surface area contributed by atoms with Gasteiger partial charge in [0.1, 0.15) is 0 Å². The van der Waals surface area contributed by atoms with Crippen LogP contribution in [-0.4, -0.2) is 49.3 Å². The van der Waals surface area contributed by atoms with Crippen molar-refractivity contribution in [2.45, 2.75) is 70.0 Å². The Hall–Kier alpha value is -0.120. The van der Waals surface area contributed by atoms with E-state index in [1.807, 2.05) is 7.11 Å². The van der Waals surface area contributed by atoms with Crippen molar-refractivity contribution in [3.8, 4) is 0 Å². The van der Waals surface area contributed by atoms with Crippen LogP contribution in [0.4, 0.5) is 0 Å². The highest BCUT2D eigenvalue weighted by Crippen LogP contribution is 2.38. The molecule has 1 aliphatic carbocycles. The molecule has 18 heavy (non-hydrogen) atoms. The summed E-state index contributed by atoms with van der Waals surface area (Å²) in [5.41, 5.74) is 0.457. The van der Waals surface area contributed by atoms with Gasteiger partial charge >= 0.3 is 0 Å². The zero-order chi connectivity index (χ0) is 13.0. The maximum atomic E-state index is 5.27. The predicted octanol–water partition coefficient (Wildman–Crippen LogP) is 2.41. The molecule has 1 aliphatic heterocycles. The van der Waals surface area contributed by atoms with Gasteiger partial charge in [0.2, 0.25) is 0 Å². The fraction of sp³-hybridized carbons (Fsp3) is 1.00. The van der Waals surface area contributed by atoms with Crippen molar-refractivity contribution >= 4 is 0 Å². The Bertz CT molecular complexity index is 251. The summed E-state index contributed by atoms with van der Waals surface area (Å²) in [5.74, 6) is 0. The summed E-state index contributed by atoms with van der Waals surface area (Å²) < 4.78 is 5.27. The number of ether oxygens (including phenoxy) is 1. The van der Waals surface area contributed by atoms with E-state index in [0.717, 1.165) is 13.0 Å². The minimum absolute atomic E-state index is 0.457. The number of methoxy groups -OCH3 is 1. The van der Waals surface area contributed by atoms with Gasteiger partial charge in [-0.3, -0.25) is 4.90 Å². The molecule has 0 radical (unpaired) electrons. The molecule has 0 aromatic heterocycles. The van der Waals surface area contributed by atoms with Gasteiger partial charge in [-0.05, 0) is 32.6 Å². The van der Waals surface area contributed by atoms with Crippen LogP contribution in [0.25, 0.3) is 0 Å². The molecule has 2 unspecified atom stereocenters. The Kier molecular flexibility index (Phi) is 5.05. The predicted molar refractivity (Wildman–Crippen MR) is 75.9 cm³/mol. The summed E-state index contributed by atoms with van der Waals surface area (Å²) in [6, 6.07) is 1.33. The van der Waals surface area contributed by atoms with Crippen molar-refractivity contribution in [2.75, 3.05) is 26.8 Å². The van der Waals surface area contributed by atoms with Crippen molar-refractivity contribution in [1.29, 1.82) is 0 Å². The molecule has 1 spiro atoms. The quantitative estimate of drug-likeness (QED) is 0.815. The first-order valence-corrected chi connectivity index (χ1v) is 7.71. The first-order chi connectivity index (χ1) is 8.72. The third-order valence-electron chi connectivity index (χ3n) is 5.05. The normalized spacial score (nSPS) is 29.8. The van der Waals surface area contributed by atoms with E-state index in [4.69, 9.17) is 4.74 Å². The number of piperazine rings is 1. The lowest BCUT2D eigenvalue weighted by atomic mass is 9.88. The highest BCUT2D eigenvalue weighted by molar-refractivity contribution is 5.03. The average molecular weight is 254 g/mol. The Balaban J connectivity index is 2.04. The van der Waals surface area contributed by atoms with Crippen molar-refractivity contribution in [3.63, 3.8) is 0 Å². The second-order valence-corrected chi connectivity index (χ2v) is 6.20. The smallest absolute Gasteiger partial charge is 0.0477 e. The third-order valence-corrected chi connectivity index (χ3v) is 5.05. The van der Waals surface area contributed by atoms with E-state index >= 15 is 0 Å².